The fraction of sp³-hybridized carbons (Fsp3) is 0.579. The minimum absolute atomic E-state index is 0.0272. The Morgan fingerprint density at radius 3 is 2.17 bits per heavy atom. The van der Waals surface area contributed by atoms with Crippen LogP contribution < -0.4 is 5.32 Å². The summed E-state index contributed by atoms with van der Waals surface area (Å²) in [6, 6.07) is 6.63. The van der Waals surface area contributed by atoms with Crippen molar-refractivity contribution in [3.05, 3.63) is 29.8 Å². The predicted octanol–water partition coefficient (Wildman–Crippen LogP) is 3.93. The van der Waals surface area contributed by atoms with Crippen molar-refractivity contribution in [2.24, 2.45) is 23.2 Å². The summed E-state index contributed by atoms with van der Waals surface area (Å²) in [6.07, 6.45) is 8.20. The molecule has 1 aromatic carbocycles. The first kappa shape index (κ1) is 14.7. The monoisotopic (exact) mass is 313 g/mol. The number of carbonyl (C=O) groups excluding carboxylic acids is 1. The van der Waals surface area contributed by atoms with Crippen molar-refractivity contribution in [1.29, 1.82) is 0 Å². The lowest BCUT2D eigenvalue weighted by Crippen LogP contribution is -2.47. The molecule has 1 aromatic rings. The highest BCUT2D eigenvalue weighted by molar-refractivity contribution is 6.00. The van der Waals surface area contributed by atoms with Gasteiger partial charge in [-0.05, 0) is 73.8 Å². The van der Waals surface area contributed by atoms with Crippen LogP contribution in [0, 0.1) is 23.2 Å². The molecule has 122 valence electrons. The molecule has 0 unspecified atom stereocenters. The Kier molecular flexibility index (Phi) is 3.43. The van der Waals surface area contributed by atoms with Crippen LogP contribution in [0.3, 0.4) is 0 Å². The van der Waals surface area contributed by atoms with E-state index in [1.807, 2.05) is 0 Å². The van der Waals surface area contributed by atoms with Crippen LogP contribution in [-0.4, -0.2) is 17.0 Å². The molecule has 0 saturated heterocycles. The van der Waals surface area contributed by atoms with E-state index in [1.54, 1.807) is 18.2 Å². The van der Waals surface area contributed by atoms with Gasteiger partial charge in [0.2, 0.25) is 5.91 Å². The molecule has 4 heteroatoms. The summed E-state index contributed by atoms with van der Waals surface area (Å²) in [7, 11) is 0. The molecule has 0 radical (unpaired) electrons. The zero-order valence-electron chi connectivity index (χ0n) is 13.3. The molecule has 0 spiro atoms. The molecule has 0 aromatic heterocycles. The summed E-state index contributed by atoms with van der Waals surface area (Å²) in [4.78, 5) is 23.8. The highest BCUT2D eigenvalue weighted by atomic mass is 16.4. The van der Waals surface area contributed by atoms with Gasteiger partial charge >= 0.3 is 5.97 Å². The van der Waals surface area contributed by atoms with Crippen molar-refractivity contribution in [1.82, 2.24) is 0 Å². The fourth-order valence-corrected chi connectivity index (χ4v) is 5.82. The van der Waals surface area contributed by atoms with E-state index in [9.17, 15) is 14.7 Å². The second kappa shape index (κ2) is 5.36. The Bertz CT molecular complexity index is 616. The molecule has 0 aliphatic heterocycles. The number of carbonyl (C=O) groups is 2. The normalized spacial score (nSPS) is 34.3. The summed E-state index contributed by atoms with van der Waals surface area (Å²) in [5.74, 6) is 1.43. The molecule has 4 saturated carbocycles. The van der Waals surface area contributed by atoms with Crippen molar-refractivity contribution >= 4 is 17.6 Å². The Morgan fingerprint density at radius 1 is 1.04 bits per heavy atom. The first-order valence-electron chi connectivity index (χ1n) is 8.65. The zero-order chi connectivity index (χ0) is 16.0. The van der Waals surface area contributed by atoms with Crippen LogP contribution in [0.25, 0.3) is 0 Å². The van der Waals surface area contributed by atoms with Gasteiger partial charge in [-0.1, -0.05) is 12.1 Å². The van der Waals surface area contributed by atoms with Gasteiger partial charge in [-0.3, -0.25) is 4.79 Å². The fourth-order valence-electron chi connectivity index (χ4n) is 5.82. The summed E-state index contributed by atoms with van der Waals surface area (Å²) >= 11 is 0. The summed E-state index contributed by atoms with van der Waals surface area (Å²) < 4.78 is 0. The number of anilines is 1. The van der Waals surface area contributed by atoms with Crippen LogP contribution in [0.1, 0.15) is 55.3 Å². The smallest absolute Gasteiger partial charge is 0.337 e. The standard InChI is InChI=1S/C19H23NO3/c21-17(20-16-4-2-1-3-15(16)18(22)23)11-19-8-12-5-13(9-19)7-14(6-12)10-19/h1-4,12-14H,5-11H2,(H,20,21)(H,22,23). The molecular formula is C19H23NO3. The summed E-state index contributed by atoms with van der Waals surface area (Å²) in [5.41, 5.74) is 0.748. The van der Waals surface area contributed by atoms with Crippen molar-refractivity contribution in [3.63, 3.8) is 0 Å². The van der Waals surface area contributed by atoms with Crippen LogP contribution in [0.4, 0.5) is 5.69 Å². The van der Waals surface area contributed by atoms with E-state index in [2.05, 4.69) is 5.32 Å². The van der Waals surface area contributed by atoms with E-state index >= 15 is 0 Å². The minimum atomic E-state index is -1.00. The van der Waals surface area contributed by atoms with Crippen LogP contribution in [0.5, 0.6) is 0 Å². The van der Waals surface area contributed by atoms with Gasteiger partial charge in [0.1, 0.15) is 0 Å². The number of carboxylic acid groups (broad SMARTS) is 1. The molecule has 0 atom stereocenters. The minimum Gasteiger partial charge on any atom is -0.478 e. The van der Waals surface area contributed by atoms with Crippen LogP contribution in [-0.2, 0) is 4.79 Å². The summed E-state index contributed by atoms with van der Waals surface area (Å²) in [5, 5.41) is 12.1. The number of carboxylic acids is 1. The molecule has 1 amide bonds. The molecular weight excluding hydrogens is 290 g/mol. The number of benzene rings is 1. The quantitative estimate of drug-likeness (QED) is 0.885. The Hall–Kier alpha value is -1.84. The van der Waals surface area contributed by atoms with Crippen LogP contribution in [0.15, 0.2) is 24.3 Å². The predicted molar refractivity (Wildman–Crippen MR) is 87.3 cm³/mol. The molecule has 4 bridgehead atoms. The number of nitrogens with one attached hydrogen (secondary N) is 1. The number of hydrogen-bond donors (Lipinski definition) is 2. The first-order chi connectivity index (χ1) is 11.0. The Labute approximate surface area is 136 Å². The van der Waals surface area contributed by atoms with Gasteiger partial charge in [0.15, 0.2) is 0 Å². The van der Waals surface area contributed by atoms with E-state index in [4.69, 9.17) is 0 Å². The van der Waals surface area contributed by atoms with Crippen LogP contribution >= 0.6 is 0 Å². The van der Waals surface area contributed by atoms with Crippen molar-refractivity contribution in [2.75, 3.05) is 5.32 Å². The lowest BCUT2D eigenvalue weighted by atomic mass is 9.49. The van der Waals surface area contributed by atoms with Gasteiger partial charge in [-0.15, -0.1) is 0 Å². The average molecular weight is 313 g/mol. The van der Waals surface area contributed by atoms with Gasteiger partial charge in [-0.25, -0.2) is 4.79 Å². The van der Waals surface area contributed by atoms with Gasteiger partial charge in [0.05, 0.1) is 11.3 Å². The van der Waals surface area contributed by atoms with Crippen molar-refractivity contribution in [3.8, 4) is 0 Å². The van der Waals surface area contributed by atoms with E-state index in [1.165, 1.54) is 44.6 Å². The molecule has 4 nitrogen and oxygen atoms in total. The van der Waals surface area contributed by atoms with Gasteiger partial charge in [0.25, 0.3) is 0 Å². The number of aromatic carboxylic acids is 1. The largest absolute Gasteiger partial charge is 0.478 e. The second-order valence-electron chi connectivity index (χ2n) is 7.99. The van der Waals surface area contributed by atoms with Gasteiger partial charge in [-0.2, -0.15) is 0 Å². The van der Waals surface area contributed by atoms with E-state index in [-0.39, 0.29) is 16.9 Å². The Morgan fingerprint density at radius 2 is 1.61 bits per heavy atom. The topological polar surface area (TPSA) is 66.4 Å². The van der Waals surface area contributed by atoms with Crippen LogP contribution in [0.2, 0.25) is 0 Å². The number of amides is 1. The zero-order valence-corrected chi connectivity index (χ0v) is 13.3. The lowest BCUT2D eigenvalue weighted by Gasteiger charge is -2.56. The Balaban J connectivity index is 1.48. The van der Waals surface area contributed by atoms with Gasteiger partial charge in [0, 0.05) is 6.42 Å². The third-order valence-electron chi connectivity index (χ3n) is 6.13. The van der Waals surface area contributed by atoms with E-state index in [0.717, 1.165) is 17.8 Å². The molecule has 4 fully saturated rings. The molecule has 0 heterocycles. The molecule has 5 rings (SSSR count). The summed E-state index contributed by atoms with van der Waals surface area (Å²) in [6.45, 7) is 0. The average Bonchev–Trinajstić information content (AvgIpc) is 2.45. The highest BCUT2D eigenvalue weighted by Gasteiger charge is 2.51. The lowest BCUT2D eigenvalue weighted by molar-refractivity contribution is -0.124. The molecule has 23 heavy (non-hydrogen) atoms. The number of hydrogen-bond acceptors (Lipinski definition) is 2. The maximum absolute atomic E-state index is 12.6. The van der Waals surface area contributed by atoms with E-state index in [0.29, 0.717) is 12.1 Å². The third kappa shape index (κ3) is 2.75. The first-order valence-corrected chi connectivity index (χ1v) is 8.65. The molecule has 2 N–H and O–H groups in total. The highest BCUT2D eigenvalue weighted by Crippen LogP contribution is 2.61. The second-order valence-corrected chi connectivity index (χ2v) is 7.99. The number of rotatable bonds is 4. The molecule has 4 aliphatic rings. The maximum Gasteiger partial charge on any atom is 0.337 e. The van der Waals surface area contributed by atoms with Crippen molar-refractivity contribution in [2.45, 2.75) is 44.9 Å². The maximum atomic E-state index is 12.6. The van der Waals surface area contributed by atoms with Gasteiger partial charge < -0.3 is 10.4 Å². The molecule has 4 aliphatic carbocycles. The number of para-hydroxylation sites is 1. The third-order valence-corrected chi connectivity index (χ3v) is 6.13. The SMILES string of the molecule is O=C(CC12CC3CC(CC(C3)C1)C2)Nc1ccccc1C(=O)O. The van der Waals surface area contributed by atoms with Crippen molar-refractivity contribution < 1.29 is 14.7 Å². The van der Waals surface area contributed by atoms with E-state index < -0.39 is 5.97 Å².